The molecule has 0 amide bonds. The molecule has 1 atom stereocenters. The van der Waals surface area contributed by atoms with Crippen LogP contribution in [-0.2, 0) is 12.8 Å². The lowest BCUT2D eigenvalue weighted by Crippen LogP contribution is -2.24. The molecule has 2 rings (SSSR count). The smallest absolute Gasteiger partial charge is 0.0642 e. The monoisotopic (exact) mass is 308 g/mol. The van der Waals surface area contributed by atoms with Crippen molar-refractivity contribution in [3.63, 3.8) is 0 Å². The molecule has 4 heteroatoms. The number of hydrogen-bond donors (Lipinski definition) is 1. The minimum Gasteiger partial charge on any atom is -0.373 e. The first-order valence-corrected chi connectivity index (χ1v) is 8.10. The molecule has 1 unspecified atom stereocenters. The molecule has 0 fully saturated rings. The molecular weight excluding hydrogens is 288 g/mol. The van der Waals surface area contributed by atoms with E-state index in [0.29, 0.717) is 0 Å². The third-order valence-corrected chi connectivity index (χ3v) is 4.51. The Morgan fingerprint density at radius 3 is 2.75 bits per heavy atom. The molecule has 1 aromatic heterocycles. The molecule has 0 spiro atoms. The summed E-state index contributed by atoms with van der Waals surface area (Å²) >= 11 is 8.19. The summed E-state index contributed by atoms with van der Waals surface area (Å²) in [5.41, 5.74) is 8.27. The second-order valence-electron chi connectivity index (χ2n) is 5.18. The standard InChI is InChI=1S/C16H21ClN2S/c1-12(18)11-13-5-3-7-15(17)16(13)19(2)9-8-14-6-4-10-20-14/h3-7,10,12H,8-9,11,18H2,1-2H3. The van der Waals surface area contributed by atoms with Crippen molar-refractivity contribution in [2.45, 2.75) is 25.8 Å². The number of likely N-dealkylation sites (N-methyl/N-ethyl adjacent to an activating group) is 1. The summed E-state index contributed by atoms with van der Waals surface area (Å²) in [7, 11) is 2.10. The summed E-state index contributed by atoms with van der Waals surface area (Å²) in [5.74, 6) is 0. The minimum atomic E-state index is 0.137. The summed E-state index contributed by atoms with van der Waals surface area (Å²) in [5, 5.41) is 2.92. The van der Waals surface area contributed by atoms with Gasteiger partial charge in [0, 0.05) is 24.5 Å². The van der Waals surface area contributed by atoms with E-state index in [4.69, 9.17) is 17.3 Å². The van der Waals surface area contributed by atoms with Crippen molar-refractivity contribution in [2.75, 3.05) is 18.5 Å². The van der Waals surface area contributed by atoms with Crippen molar-refractivity contribution in [3.8, 4) is 0 Å². The van der Waals surface area contributed by atoms with E-state index < -0.39 is 0 Å². The number of halogens is 1. The SMILES string of the molecule is CC(N)Cc1cccc(Cl)c1N(C)CCc1cccs1. The van der Waals surface area contributed by atoms with Crippen molar-refractivity contribution in [1.29, 1.82) is 0 Å². The Morgan fingerprint density at radius 2 is 2.10 bits per heavy atom. The molecule has 108 valence electrons. The van der Waals surface area contributed by atoms with Crippen LogP contribution in [0, 0.1) is 0 Å². The molecule has 0 aliphatic heterocycles. The van der Waals surface area contributed by atoms with Gasteiger partial charge < -0.3 is 10.6 Å². The van der Waals surface area contributed by atoms with Gasteiger partial charge >= 0.3 is 0 Å². The molecule has 2 N–H and O–H groups in total. The highest BCUT2D eigenvalue weighted by atomic mass is 35.5. The topological polar surface area (TPSA) is 29.3 Å². The molecule has 0 aliphatic rings. The van der Waals surface area contributed by atoms with Gasteiger partial charge in [-0.3, -0.25) is 0 Å². The van der Waals surface area contributed by atoms with Crippen LogP contribution < -0.4 is 10.6 Å². The average molecular weight is 309 g/mol. The van der Waals surface area contributed by atoms with Gasteiger partial charge in [0.1, 0.15) is 0 Å². The minimum absolute atomic E-state index is 0.137. The van der Waals surface area contributed by atoms with Gasteiger partial charge in [0.05, 0.1) is 10.7 Å². The third-order valence-electron chi connectivity index (χ3n) is 3.27. The van der Waals surface area contributed by atoms with E-state index >= 15 is 0 Å². The fraction of sp³-hybridized carbons (Fsp3) is 0.375. The van der Waals surface area contributed by atoms with Crippen LogP contribution in [0.2, 0.25) is 5.02 Å². The van der Waals surface area contributed by atoms with Crippen LogP contribution in [0.15, 0.2) is 35.7 Å². The summed E-state index contributed by atoms with van der Waals surface area (Å²) < 4.78 is 0. The van der Waals surface area contributed by atoms with Crippen molar-refractivity contribution >= 4 is 28.6 Å². The van der Waals surface area contributed by atoms with Crippen molar-refractivity contribution in [2.24, 2.45) is 5.73 Å². The maximum absolute atomic E-state index is 6.39. The first-order chi connectivity index (χ1) is 9.58. The van der Waals surface area contributed by atoms with Gasteiger partial charge in [-0.1, -0.05) is 29.8 Å². The summed E-state index contributed by atoms with van der Waals surface area (Å²) in [6.45, 7) is 2.98. The average Bonchev–Trinajstić information content (AvgIpc) is 2.88. The van der Waals surface area contributed by atoms with Gasteiger partial charge in [-0.2, -0.15) is 0 Å². The Morgan fingerprint density at radius 1 is 1.30 bits per heavy atom. The lowest BCUT2D eigenvalue weighted by Gasteiger charge is -2.24. The van der Waals surface area contributed by atoms with Crippen molar-refractivity contribution in [1.82, 2.24) is 0 Å². The number of rotatable bonds is 6. The van der Waals surface area contributed by atoms with Crippen LogP contribution in [0.4, 0.5) is 5.69 Å². The molecule has 0 radical (unpaired) electrons. The fourth-order valence-corrected chi connectivity index (χ4v) is 3.38. The molecule has 1 heterocycles. The number of benzene rings is 1. The number of hydrogen-bond acceptors (Lipinski definition) is 3. The molecule has 2 nitrogen and oxygen atoms in total. The second kappa shape index (κ2) is 7.11. The predicted molar refractivity (Wildman–Crippen MR) is 90.1 cm³/mol. The first-order valence-electron chi connectivity index (χ1n) is 6.84. The quantitative estimate of drug-likeness (QED) is 0.875. The highest BCUT2D eigenvalue weighted by Gasteiger charge is 2.13. The second-order valence-corrected chi connectivity index (χ2v) is 6.62. The summed E-state index contributed by atoms with van der Waals surface area (Å²) in [6, 6.07) is 10.5. The highest BCUT2D eigenvalue weighted by Crippen LogP contribution is 2.30. The summed E-state index contributed by atoms with van der Waals surface area (Å²) in [4.78, 5) is 3.64. The first kappa shape index (κ1) is 15.4. The summed E-state index contributed by atoms with van der Waals surface area (Å²) in [6.07, 6.45) is 1.89. The van der Waals surface area contributed by atoms with E-state index in [2.05, 4.69) is 35.5 Å². The molecular formula is C16H21ClN2S. The van der Waals surface area contributed by atoms with E-state index in [0.717, 1.165) is 30.1 Å². The Labute approximate surface area is 130 Å². The van der Waals surface area contributed by atoms with E-state index in [9.17, 15) is 0 Å². The lowest BCUT2D eigenvalue weighted by molar-refractivity contribution is 0.734. The molecule has 0 saturated heterocycles. The molecule has 0 bridgehead atoms. The molecule has 2 aromatic rings. The van der Waals surface area contributed by atoms with Crippen molar-refractivity contribution < 1.29 is 0 Å². The zero-order chi connectivity index (χ0) is 14.5. The zero-order valence-electron chi connectivity index (χ0n) is 12.0. The maximum Gasteiger partial charge on any atom is 0.0642 e. The predicted octanol–water partition coefficient (Wildman–Crippen LogP) is 3.97. The third kappa shape index (κ3) is 3.98. The van der Waals surface area contributed by atoms with Gasteiger partial charge in [-0.15, -0.1) is 11.3 Å². The van der Waals surface area contributed by atoms with Crippen LogP contribution in [0.3, 0.4) is 0 Å². The van der Waals surface area contributed by atoms with Gasteiger partial charge in [-0.25, -0.2) is 0 Å². The van der Waals surface area contributed by atoms with Gasteiger partial charge in [0.2, 0.25) is 0 Å². The number of thiophene rings is 1. The van der Waals surface area contributed by atoms with Crippen LogP contribution in [0.1, 0.15) is 17.4 Å². The van der Waals surface area contributed by atoms with Gasteiger partial charge in [-0.05, 0) is 42.8 Å². The van der Waals surface area contributed by atoms with Gasteiger partial charge in [0.25, 0.3) is 0 Å². The number of anilines is 1. The molecule has 0 aliphatic carbocycles. The zero-order valence-corrected chi connectivity index (χ0v) is 13.5. The number of para-hydroxylation sites is 1. The normalized spacial score (nSPS) is 12.4. The maximum atomic E-state index is 6.39. The molecule has 0 saturated carbocycles. The Balaban J connectivity index is 2.13. The Hall–Kier alpha value is -1.03. The largest absolute Gasteiger partial charge is 0.373 e. The fourth-order valence-electron chi connectivity index (χ4n) is 2.34. The van der Waals surface area contributed by atoms with Crippen LogP contribution in [-0.4, -0.2) is 19.6 Å². The molecule has 20 heavy (non-hydrogen) atoms. The van der Waals surface area contributed by atoms with E-state index in [1.54, 1.807) is 11.3 Å². The van der Waals surface area contributed by atoms with Crippen molar-refractivity contribution in [3.05, 3.63) is 51.2 Å². The van der Waals surface area contributed by atoms with Crippen LogP contribution in [0.25, 0.3) is 0 Å². The Bertz CT molecular complexity index is 537. The highest BCUT2D eigenvalue weighted by molar-refractivity contribution is 7.09. The number of nitrogens with two attached hydrogens (primary N) is 1. The van der Waals surface area contributed by atoms with E-state index in [1.807, 2.05) is 19.1 Å². The Kier molecular flexibility index (Phi) is 5.46. The van der Waals surface area contributed by atoms with Crippen LogP contribution in [0.5, 0.6) is 0 Å². The van der Waals surface area contributed by atoms with E-state index in [-0.39, 0.29) is 6.04 Å². The van der Waals surface area contributed by atoms with Gasteiger partial charge in [0.15, 0.2) is 0 Å². The number of nitrogens with zero attached hydrogens (tertiary/aromatic N) is 1. The van der Waals surface area contributed by atoms with E-state index in [1.165, 1.54) is 10.4 Å². The molecule has 1 aromatic carbocycles. The lowest BCUT2D eigenvalue weighted by atomic mass is 10.0. The van der Waals surface area contributed by atoms with Crippen LogP contribution >= 0.6 is 22.9 Å².